The third-order valence-corrected chi connectivity index (χ3v) is 2.21. The van der Waals surface area contributed by atoms with Crippen LogP contribution in [0, 0.1) is 12.7 Å². The van der Waals surface area contributed by atoms with Gasteiger partial charge in [-0.2, -0.15) is 0 Å². The zero-order valence-corrected chi connectivity index (χ0v) is 9.12. The van der Waals surface area contributed by atoms with Gasteiger partial charge in [0.05, 0.1) is 12.2 Å². The van der Waals surface area contributed by atoms with Crippen molar-refractivity contribution in [3.8, 4) is 0 Å². The lowest BCUT2D eigenvalue weighted by Gasteiger charge is -2.19. The van der Waals surface area contributed by atoms with Crippen LogP contribution in [0.25, 0.3) is 0 Å². The number of halogens is 1. The first-order chi connectivity index (χ1) is 7.33. The molecule has 0 radical (unpaired) electrons. The fourth-order valence-electron chi connectivity index (χ4n) is 1.11. The molecule has 4 nitrogen and oxygen atoms in total. The SMILES string of the molecule is Cc1ccc(NCC(C)(O)C(=O)O)c(F)c1. The molecule has 5 heteroatoms. The van der Waals surface area contributed by atoms with Crippen LogP contribution in [-0.2, 0) is 4.79 Å². The number of benzene rings is 1. The molecule has 0 amide bonds. The summed E-state index contributed by atoms with van der Waals surface area (Å²) in [7, 11) is 0. The second kappa shape index (κ2) is 4.49. The van der Waals surface area contributed by atoms with Crippen LogP contribution in [-0.4, -0.2) is 28.3 Å². The molecule has 0 spiro atoms. The van der Waals surface area contributed by atoms with Gasteiger partial charge < -0.3 is 15.5 Å². The predicted octanol–water partition coefficient (Wildman–Crippen LogP) is 1.38. The molecular weight excluding hydrogens is 213 g/mol. The lowest BCUT2D eigenvalue weighted by Crippen LogP contribution is -2.41. The summed E-state index contributed by atoms with van der Waals surface area (Å²) in [5.74, 6) is -1.83. The fourth-order valence-corrected chi connectivity index (χ4v) is 1.11. The van der Waals surface area contributed by atoms with Crippen molar-refractivity contribution in [2.75, 3.05) is 11.9 Å². The van der Waals surface area contributed by atoms with Crippen molar-refractivity contribution >= 4 is 11.7 Å². The normalized spacial score (nSPS) is 14.2. The fraction of sp³-hybridized carbons (Fsp3) is 0.364. The molecule has 0 aliphatic heterocycles. The Morgan fingerprint density at radius 1 is 1.56 bits per heavy atom. The standard InChI is InChI=1S/C11H14FNO3/c1-7-3-4-9(8(12)5-7)13-6-11(2,16)10(14)15/h3-5,13,16H,6H2,1-2H3,(H,14,15). The minimum absolute atomic E-state index is 0.173. The molecule has 1 aromatic rings. The average molecular weight is 227 g/mol. The summed E-state index contributed by atoms with van der Waals surface area (Å²) < 4.78 is 13.3. The summed E-state index contributed by atoms with van der Waals surface area (Å²) in [6, 6.07) is 4.53. The Morgan fingerprint density at radius 3 is 2.69 bits per heavy atom. The Kier molecular flexibility index (Phi) is 3.49. The minimum Gasteiger partial charge on any atom is -0.479 e. The van der Waals surface area contributed by atoms with Crippen LogP contribution in [0.15, 0.2) is 18.2 Å². The Hall–Kier alpha value is -1.62. The van der Waals surface area contributed by atoms with E-state index in [1.807, 2.05) is 0 Å². The van der Waals surface area contributed by atoms with Gasteiger partial charge in [-0.1, -0.05) is 6.07 Å². The second-order valence-electron chi connectivity index (χ2n) is 3.92. The monoisotopic (exact) mass is 227 g/mol. The van der Waals surface area contributed by atoms with Crippen molar-refractivity contribution in [3.63, 3.8) is 0 Å². The third kappa shape index (κ3) is 2.93. The maximum absolute atomic E-state index is 13.3. The van der Waals surface area contributed by atoms with Gasteiger partial charge in [0.25, 0.3) is 0 Å². The Balaban J connectivity index is 2.72. The molecule has 0 aliphatic carbocycles. The number of anilines is 1. The number of nitrogens with one attached hydrogen (secondary N) is 1. The number of hydrogen-bond acceptors (Lipinski definition) is 3. The quantitative estimate of drug-likeness (QED) is 0.726. The number of rotatable bonds is 4. The van der Waals surface area contributed by atoms with Crippen molar-refractivity contribution in [3.05, 3.63) is 29.6 Å². The van der Waals surface area contributed by atoms with Crippen molar-refractivity contribution in [1.29, 1.82) is 0 Å². The molecular formula is C11H14FNO3. The maximum atomic E-state index is 13.3. The van der Waals surface area contributed by atoms with E-state index in [-0.39, 0.29) is 12.2 Å². The van der Waals surface area contributed by atoms with Crippen molar-refractivity contribution in [2.45, 2.75) is 19.4 Å². The lowest BCUT2D eigenvalue weighted by atomic mass is 10.1. The van der Waals surface area contributed by atoms with E-state index >= 15 is 0 Å². The zero-order chi connectivity index (χ0) is 12.3. The number of carboxylic acid groups (broad SMARTS) is 1. The topological polar surface area (TPSA) is 69.6 Å². The molecule has 1 rings (SSSR count). The van der Waals surface area contributed by atoms with Crippen LogP contribution in [0.1, 0.15) is 12.5 Å². The molecule has 0 fully saturated rings. The molecule has 0 bridgehead atoms. The number of aliphatic hydroxyl groups is 1. The minimum atomic E-state index is -1.92. The van der Waals surface area contributed by atoms with Crippen molar-refractivity contribution < 1.29 is 19.4 Å². The molecule has 0 heterocycles. The molecule has 0 aliphatic rings. The van der Waals surface area contributed by atoms with Crippen molar-refractivity contribution in [2.24, 2.45) is 0 Å². The Bertz CT molecular complexity index is 404. The van der Waals surface area contributed by atoms with Crippen LogP contribution in [0.5, 0.6) is 0 Å². The average Bonchev–Trinajstić information content (AvgIpc) is 2.16. The second-order valence-corrected chi connectivity index (χ2v) is 3.92. The first kappa shape index (κ1) is 12.4. The Morgan fingerprint density at radius 2 is 2.19 bits per heavy atom. The predicted molar refractivity (Wildman–Crippen MR) is 57.9 cm³/mol. The first-order valence-corrected chi connectivity index (χ1v) is 4.79. The van der Waals surface area contributed by atoms with Gasteiger partial charge in [0.15, 0.2) is 5.60 Å². The van der Waals surface area contributed by atoms with E-state index < -0.39 is 17.4 Å². The van der Waals surface area contributed by atoms with E-state index in [0.717, 1.165) is 12.5 Å². The molecule has 1 atom stereocenters. The number of aliphatic carboxylic acids is 1. The highest BCUT2D eigenvalue weighted by molar-refractivity contribution is 5.77. The molecule has 1 aromatic carbocycles. The van der Waals surface area contributed by atoms with Crippen LogP contribution in [0.4, 0.5) is 10.1 Å². The van der Waals surface area contributed by atoms with Gasteiger partial charge >= 0.3 is 5.97 Å². The van der Waals surface area contributed by atoms with Gasteiger partial charge in [-0.3, -0.25) is 0 Å². The largest absolute Gasteiger partial charge is 0.479 e. The molecule has 88 valence electrons. The molecule has 1 unspecified atom stereocenters. The van der Waals surface area contributed by atoms with Gasteiger partial charge in [0.2, 0.25) is 0 Å². The molecule has 16 heavy (non-hydrogen) atoms. The van der Waals surface area contributed by atoms with Crippen LogP contribution < -0.4 is 5.32 Å². The van der Waals surface area contributed by atoms with E-state index in [1.165, 1.54) is 12.1 Å². The van der Waals surface area contributed by atoms with E-state index in [1.54, 1.807) is 13.0 Å². The van der Waals surface area contributed by atoms with Gasteiger partial charge in [0.1, 0.15) is 5.82 Å². The maximum Gasteiger partial charge on any atom is 0.337 e. The van der Waals surface area contributed by atoms with Gasteiger partial charge in [-0.05, 0) is 31.5 Å². The smallest absolute Gasteiger partial charge is 0.337 e. The highest BCUT2D eigenvalue weighted by Gasteiger charge is 2.29. The number of aryl methyl sites for hydroxylation is 1. The van der Waals surface area contributed by atoms with Crippen LogP contribution in [0.2, 0.25) is 0 Å². The summed E-state index contributed by atoms with van der Waals surface area (Å²) in [5.41, 5.74) is -0.975. The van der Waals surface area contributed by atoms with Crippen LogP contribution >= 0.6 is 0 Å². The highest BCUT2D eigenvalue weighted by atomic mass is 19.1. The highest BCUT2D eigenvalue weighted by Crippen LogP contribution is 2.16. The van der Waals surface area contributed by atoms with Gasteiger partial charge in [-0.25, -0.2) is 9.18 Å². The van der Waals surface area contributed by atoms with E-state index in [4.69, 9.17) is 5.11 Å². The zero-order valence-electron chi connectivity index (χ0n) is 9.12. The molecule has 0 saturated heterocycles. The summed E-state index contributed by atoms with van der Waals surface area (Å²) in [5, 5.41) is 20.6. The number of carboxylic acids is 1. The number of carbonyl (C=O) groups is 1. The summed E-state index contributed by atoms with van der Waals surface area (Å²) in [6.07, 6.45) is 0. The number of hydrogen-bond donors (Lipinski definition) is 3. The van der Waals surface area contributed by atoms with E-state index in [0.29, 0.717) is 0 Å². The van der Waals surface area contributed by atoms with Gasteiger partial charge in [-0.15, -0.1) is 0 Å². The van der Waals surface area contributed by atoms with Crippen molar-refractivity contribution in [1.82, 2.24) is 0 Å². The molecule has 0 aromatic heterocycles. The Labute approximate surface area is 92.7 Å². The van der Waals surface area contributed by atoms with Gasteiger partial charge in [0, 0.05) is 0 Å². The molecule has 3 N–H and O–H groups in total. The summed E-state index contributed by atoms with van der Waals surface area (Å²) in [6.45, 7) is 2.64. The van der Waals surface area contributed by atoms with E-state index in [2.05, 4.69) is 5.32 Å². The lowest BCUT2D eigenvalue weighted by molar-refractivity contribution is -0.155. The van der Waals surface area contributed by atoms with Crippen LogP contribution in [0.3, 0.4) is 0 Å². The van der Waals surface area contributed by atoms with E-state index in [9.17, 15) is 14.3 Å². The first-order valence-electron chi connectivity index (χ1n) is 4.79. The summed E-state index contributed by atoms with van der Waals surface area (Å²) >= 11 is 0. The third-order valence-electron chi connectivity index (χ3n) is 2.21. The summed E-state index contributed by atoms with van der Waals surface area (Å²) in [4.78, 5) is 10.6. The molecule has 0 saturated carbocycles.